The number of carbonyl (C=O) groups is 3. The van der Waals surface area contributed by atoms with Crippen molar-refractivity contribution >= 4 is 30.0 Å². The lowest BCUT2D eigenvalue weighted by Gasteiger charge is -2.13. The highest BCUT2D eigenvalue weighted by Gasteiger charge is 2.35. The lowest BCUT2D eigenvalue weighted by Crippen LogP contribution is -2.41. The highest BCUT2D eigenvalue weighted by Crippen LogP contribution is 2.15. The first-order chi connectivity index (χ1) is 9.88. The number of nitro groups is 1. The number of carboxylic acids is 1. The van der Waals surface area contributed by atoms with Crippen LogP contribution >= 0.6 is 0 Å². The van der Waals surface area contributed by atoms with E-state index in [0.717, 1.165) is 12.3 Å². The van der Waals surface area contributed by atoms with Crippen LogP contribution in [0.25, 0.3) is 0 Å². The Balaban J connectivity index is 2.07. The molecule has 11 nitrogen and oxygen atoms in total. The summed E-state index contributed by atoms with van der Waals surface area (Å²) < 4.78 is 4.77. The summed E-state index contributed by atoms with van der Waals surface area (Å²) in [6.45, 7) is -1.30. The van der Waals surface area contributed by atoms with Crippen molar-refractivity contribution in [3.8, 4) is 0 Å². The molecular formula is C10H7N4O7-. The number of furan rings is 1. The van der Waals surface area contributed by atoms with Gasteiger partial charge in [-0.1, -0.05) is 0 Å². The molecule has 1 aliphatic rings. The van der Waals surface area contributed by atoms with Crippen LogP contribution in [0.2, 0.25) is 0 Å². The molecular weight excluding hydrogens is 288 g/mol. The molecule has 0 atom stereocenters. The molecule has 1 saturated heterocycles. The summed E-state index contributed by atoms with van der Waals surface area (Å²) in [4.78, 5) is 43.6. The summed E-state index contributed by atoms with van der Waals surface area (Å²) in [5.41, 5.74) is 0. The van der Waals surface area contributed by atoms with Crippen LogP contribution in [0.3, 0.4) is 0 Å². The van der Waals surface area contributed by atoms with E-state index in [-0.39, 0.29) is 5.76 Å². The van der Waals surface area contributed by atoms with Crippen LogP contribution in [0.15, 0.2) is 21.7 Å². The molecule has 21 heavy (non-hydrogen) atoms. The second kappa shape index (κ2) is 5.40. The minimum atomic E-state index is -1.58. The van der Waals surface area contributed by atoms with Crippen molar-refractivity contribution in [1.29, 1.82) is 0 Å². The van der Waals surface area contributed by atoms with Gasteiger partial charge in [0.1, 0.15) is 11.5 Å². The van der Waals surface area contributed by atoms with E-state index in [4.69, 9.17) is 4.42 Å². The quantitative estimate of drug-likeness (QED) is 0.278. The highest BCUT2D eigenvalue weighted by molar-refractivity contribution is 6.04. The number of aliphatic carboxylic acids is 1. The molecule has 0 spiro atoms. The van der Waals surface area contributed by atoms with Gasteiger partial charge in [0.05, 0.1) is 24.8 Å². The van der Waals surface area contributed by atoms with Crippen LogP contribution in [-0.2, 0) is 9.59 Å². The number of urea groups is 1. The fraction of sp³-hybridized carbons (Fsp3) is 0.200. The topological polar surface area (TPSA) is 149 Å². The van der Waals surface area contributed by atoms with Gasteiger partial charge in [0.2, 0.25) is 0 Å². The maximum Gasteiger partial charge on any atom is 0.433 e. The lowest BCUT2D eigenvalue weighted by atomic mass is 10.5. The summed E-state index contributed by atoms with van der Waals surface area (Å²) in [5, 5.41) is 25.1. The molecule has 0 aromatic carbocycles. The van der Waals surface area contributed by atoms with E-state index in [1.807, 2.05) is 0 Å². The van der Waals surface area contributed by atoms with Crippen molar-refractivity contribution in [2.45, 2.75) is 0 Å². The Morgan fingerprint density at radius 2 is 2.19 bits per heavy atom. The van der Waals surface area contributed by atoms with Gasteiger partial charge in [-0.2, -0.15) is 5.10 Å². The van der Waals surface area contributed by atoms with E-state index >= 15 is 0 Å². The van der Waals surface area contributed by atoms with Crippen LogP contribution in [-0.4, -0.2) is 52.0 Å². The van der Waals surface area contributed by atoms with E-state index < -0.39 is 41.8 Å². The number of carboxylic acid groups (broad SMARTS) is 1. The van der Waals surface area contributed by atoms with Crippen LogP contribution in [0.5, 0.6) is 0 Å². The number of rotatable bonds is 5. The smallest absolute Gasteiger partial charge is 0.433 e. The summed E-state index contributed by atoms with van der Waals surface area (Å²) in [6, 6.07) is 1.42. The molecule has 0 N–H and O–H groups in total. The number of hydrogen-bond donors (Lipinski definition) is 0. The Hall–Kier alpha value is -3.24. The predicted octanol–water partition coefficient (Wildman–Crippen LogP) is -1.46. The molecule has 0 bridgehead atoms. The van der Waals surface area contributed by atoms with Crippen LogP contribution in [0.4, 0.5) is 10.7 Å². The molecule has 3 amide bonds. The maximum absolute atomic E-state index is 11.7. The van der Waals surface area contributed by atoms with Crippen molar-refractivity contribution in [2.24, 2.45) is 5.10 Å². The van der Waals surface area contributed by atoms with Gasteiger partial charge in [-0.25, -0.2) is 9.80 Å². The molecule has 1 aromatic heterocycles. The molecule has 1 aliphatic heterocycles. The maximum atomic E-state index is 11.7. The number of hydrogen-bond acceptors (Lipinski definition) is 8. The molecule has 110 valence electrons. The summed E-state index contributed by atoms with van der Waals surface area (Å²) >= 11 is 0. The summed E-state index contributed by atoms with van der Waals surface area (Å²) in [7, 11) is 0. The fourth-order valence-corrected chi connectivity index (χ4v) is 1.54. The van der Waals surface area contributed by atoms with E-state index in [9.17, 15) is 29.6 Å². The first-order valence-corrected chi connectivity index (χ1v) is 5.48. The third kappa shape index (κ3) is 3.02. The number of nitrogens with zero attached hydrogens (tertiary/aromatic N) is 4. The first kappa shape index (κ1) is 14.2. The van der Waals surface area contributed by atoms with Crippen LogP contribution in [0.1, 0.15) is 5.76 Å². The Morgan fingerprint density at radius 3 is 2.76 bits per heavy atom. The zero-order valence-corrected chi connectivity index (χ0v) is 10.3. The molecule has 0 radical (unpaired) electrons. The number of carbonyl (C=O) groups excluding carboxylic acids is 3. The molecule has 0 aliphatic carbocycles. The Labute approximate surface area is 116 Å². The van der Waals surface area contributed by atoms with E-state index in [1.165, 1.54) is 6.07 Å². The highest BCUT2D eigenvalue weighted by atomic mass is 16.6. The zero-order chi connectivity index (χ0) is 15.6. The fourth-order valence-electron chi connectivity index (χ4n) is 1.54. The molecule has 2 rings (SSSR count). The monoisotopic (exact) mass is 295 g/mol. The van der Waals surface area contributed by atoms with Gasteiger partial charge in [-0.05, 0) is 6.07 Å². The van der Waals surface area contributed by atoms with Gasteiger partial charge in [0.15, 0.2) is 5.76 Å². The molecule has 1 aromatic rings. The van der Waals surface area contributed by atoms with Crippen molar-refractivity contribution in [3.05, 3.63) is 28.0 Å². The van der Waals surface area contributed by atoms with Crippen LogP contribution in [0, 0.1) is 10.1 Å². The number of amides is 3. The average Bonchev–Trinajstić information content (AvgIpc) is 2.96. The Bertz CT molecular complexity index is 650. The van der Waals surface area contributed by atoms with Crippen molar-refractivity contribution in [3.63, 3.8) is 0 Å². The Kier molecular flexibility index (Phi) is 3.65. The van der Waals surface area contributed by atoms with E-state index in [0.29, 0.717) is 9.91 Å². The SMILES string of the molecule is O=C([O-])CN1C(=O)CN(/N=C/c2ccc([N+](=O)[O-])o2)C1=O. The van der Waals surface area contributed by atoms with E-state index in [1.54, 1.807) is 0 Å². The third-order valence-corrected chi connectivity index (χ3v) is 2.44. The number of hydrazone groups is 1. The van der Waals surface area contributed by atoms with Gasteiger partial charge in [-0.15, -0.1) is 0 Å². The second-order valence-electron chi connectivity index (χ2n) is 3.87. The third-order valence-electron chi connectivity index (χ3n) is 2.44. The van der Waals surface area contributed by atoms with Crippen molar-refractivity contribution in [1.82, 2.24) is 9.91 Å². The Morgan fingerprint density at radius 1 is 1.48 bits per heavy atom. The van der Waals surface area contributed by atoms with Gasteiger partial charge < -0.3 is 14.3 Å². The molecule has 1 fully saturated rings. The van der Waals surface area contributed by atoms with Crippen molar-refractivity contribution in [2.75, 3.05) is 13.1 Å². The first-order valence-electron chi connectivity index (χ1n) is 5.48. The largest absolute Gasteiger partial charge is 0.548 e. The number of imide groups is 1. The second-order valence-corrected chi connectivity index (χ2v) is 3.87. The van der Waals surface area contributed by atoms with Gasteiger partial charge in [0, 0.05) is 0 Å². The van der Waals surface area contributed by atoms with Gasteiger partial charge in [-0.3, -0.25) is 19.8 Å². The minimum absolute atomic E-state index is 0.000278. The van der Waals surface area contributed by atoms with E-state index in [2.05, 4.69) is 5.10 Å². The summed E-state index contributed by atoms with van der Waals surface area (Å²) in [5.74, 6) is -2.82. The standard InChI is InChI=1S/C10H8N4O7/c15-7-4-13(10(18)12(7)5-9(16)17)11-3-6-1-2-8(21-6)14(19)20/h1-3H,4-5H2,(H,16,17)/p-1/b11-3+. The summed E-state index contributed by atoms with van der Waals surface area (Å²) in [6.07, 6.45) is 1.00. The van der Waals surface area contributed by atoms with Gasteiger partial charge in [0.25, 0.3) is 5.91 Å². The molecule has 0 unspecified atom stereocenters. The van der Waals surface area contributed by atoms with Crippen LogP contribution < -0.4 is 5.11 Å². The zero-order valence-electron chi connectivity index (χ0n) is 10.3. The minimum Gasteiger partial charge on any atom is -0.548 e. The normalized spacial score (nSPS) is 15.2. The predicted molar refractivity (Wildman–Crippen MR) is 61.8 cm³/mol. The lowest BCUT2D eigenvalue weighted by molar-refractivity contribution is -0.402. The molecule has 2 heterocycles. The molecule has 0 saturated carbocycles. The van der Waals surface area contributed by atoms with Crippen molar-refractivity contribution < 1.29 is 28.8 Å². The average molecular weight is 295 g/mol. The van der Waals surface area contributed by atoms with Gasteiger partial charge >= 0.3 is 11.9 Å². The molecule has 11 heteroatoms.